The van der Waals surface area contributed by atoms with E-state index in [-0.39, 0.29) is 23.0 Å². The molecule has 7 nitrogen and oxygen atoms in total. The van der Waals surface area contributed by atoms with E-state index in [2.05, 4.69) is 5.32 Å². The number of halogens is 1. The fraction of sp³-hybridized carbons (Fsp3) is 0.464. The van der Waals surface area contributed by atoms with Crippen LogP contribution in [0.15, 0.2) is 48.5 Å². The fourth-order valence-corrected chi connectivity index (χ4v) is 4.96. The average Bonchev–Trinajstić information content (AvgIpc) is 2.84. The van der Waals surface area contributed by atoms with E-state index in [4.69, 9.17) is 16.3 Å². The van der Waals surface area contributed by atoms with Gasteiger partial charge in [-0.15, -0.1) is 0 Å². The molecule has 0 unspecified atom stereocenters. The van der Waals surface area contributed by atoms with Crippen molar-refractivity contribution in [1.82, 2.24) is 10.2 Å². The molecule has 0 spiro atoms. The van der Waals surface area contributed by atoms with Crippen LogP contribution in [0.4, 0.5) is 0 Å². The normalized spacial score (nSPS) is 20.1. The summed E-state index contributed by atoms with van der Waals surface area (Å²) in [4.78, 5) is 40.3. The first kappa shape index (κ1) is 27.7. The third-order valence-electron chi connectivity index (χ3n) is 6.94. The smallest absolute Gasteiger partial charge is 0.337 e. The fourth-order valence-electron chi connectivity index (χ4n) is 4.83. The Labute approximate surface area is 217 Å². The number of nitrogens with zero attached hydrogens (tertiary/aromatic N) is 1. The highest BCUT2D eigenvalue weighted by molar-refractivity contribution is 6.30. The molecule has 8 heteroatoms. The Hall–Kier alpha value is -2.90. The number of rotatable bonds is 7. The van der Waals surface area contributed by atoms with Gasteiger partial charge in [-0.05, 0) is 54.7 Å². The summed E-state index contributed by atoms with van der Waals surface area (Å²) in [6, 6.07) is 12.6. The molecule has 0 saturated carbocycles. The highest BCUT2D eigenvalue weighted by Crippen LogP contribution is 2.46. The average molecular weight is 515 g/mol. The number of piperidine rings is 1. The molecule has 1 aliphatic rings. The second kappa shape index (κ2) is 11.0. The minimum Gasteiger partial charge on any atom is -0.465 e. The maximum absolute atomic E-state index is 13.6. The monoisotopic (exact) mass is 514 g/mol. The van der Waals surface area contributed by atoms with Gasteiger partial charge in [-0.1, -0.05) is 57.5 Å². The number of benzene rings is 2. The highest BCUT2D eigenvalue weighted by Gasteiger charge is 2.50. The molecule has 1 saturated heterocycles. The van der Waals surface area contributed by atoms with Gasteiger partial charge in [-0.3, -0.25) is 9.59 Å². The van der Waals surface area contributed by atoms with Crippen LogP contribution in [0.25, 0.3) is 0 Å². The molecule has 0 radical (unpaired) electrons. The summed E-state index contributed by atoms with van der Waals surface area (Å²) in [6.07, 6.45) is 0.816. The summed E-state index contributed by atoms with van der Waals surface area (Å²) in [5.41, 5.74) is -0.469. The number of carbonyl (C=O) groups is 3. The Balaban J connectivity index is 1.79. The first-order valence-electron chi connectivity index (χ1n) is 12.1. The second-order valence-electron chi connectivity index (χ2n) is 10.5. The number of esters is 1. The van der Waals surface area contributed by atoms with Crippen LogP contribution < -0.4 is 5.32 Å². The molecule has 36 heavy (non-hydrogen) atoms. The van der Waals surface area contributed by atoms with Crippen LogP contribution in [0.1, 0.15) is 66.8 Å². The summed E-state index contributed by atoms with van der Waals surface area (Å²) >= 11 is 6.03. The van der Waals surface area contributed by atoms with Crippen molar-refractivity contribution in [2.45, 2.75) is 52.2 Å². The van der Waals surface area contributed by atoms with E-state index < -0.39 is 28.9 Å². The van der Waals surface area contributed by atoms with Gasteiger partial charge in [0.25, 0.3) is 5.91 Å². The van der Waals surface area contributed by atoms with Crippen molar-refractivity contribution in [1.29, 1.82) is 0 Å². The molecular formula is C28H35ClN2O5. The van der Waals surface area contributed by atoms with Crippen LogP contribution >= 0.6 is 11.6 Å². The van der Waals surface area contributed by atoms with Crippen LogP contribution in [0.3, 0.4) is 0 Å². The highest BCUT2D eigenvalue weighted by atomic mass is 35.5. The Morgan fingerprint density at radius 1 is 1.11 bits per heavy atom. The van der Waals surface area contributed by atoms with E-state index in [9.17, 15) is 19.5 Å². The number of methoxy groups -OCH3 is 1. The third kappa shape index (κ3) is 5.90. The van der Waals surface area contributed by atoms with Crippen LogP contribution in [0.5, 0.6) is 0 Å². The number of nitrogens with one attached hydrogen (secondary N) is 1. The van der Waals surface area contributed by atoms with E-state index in [0.717, 1.165) is 5.56 Å². The van der Waals surface area contributed by atoms with Crippen LogP contribution in [0.2, 0.25) is 5.02 Å². The molecule has 2 atom stereocenters. The van der Waals surface area contributed by atoms with Crippen LogP contribution in [0, 0.1) is 11.3 Å². The molecule has 0 bridgehead atoms. The van der Waals surface area contributed by atoms with Crippen molar-refractivity contribution in [3.63, 3.8) is 0 Å². The lowest BCUT2D eigenvalue weighted by Crippen LogP contribution is -2.60. The lowest BCUT2D eigenvalue weighted by atomic mass is 9.66. The van der Waals surface area contributed by atoms with Gasteiger partial charge in [0.2, 0.25) is 5.91 Å². The van der Waals surface area contributed by atoms with Gasteiger partial charge in [0.1, 0.15) is 6.04 Å². The molecule has 2 N–H and O–H groups in total. The van der Waals surface area contributed by atoms with E-state index in [1.54, 1.807) is 35.2 Å². The van der Waals surface area contributed by atoms with Crippen molar-refractivity contribution in [2.24, 2.45) is 11.3 Å². The number of likely N-dealkylation sites (tertiary alicyclic amines) is 1. The van der Waals surface area contributed by atoms with Crippen molar-refractivity contribution in [2.75, 3.05) is 20.2 Å². The maximum atomic E-state index is 13.6. The van der Waals surface area contributed by atoms with E-state index >= 15 is 0 Å². The maximum Gasteiger partial charge on any atom is 0.337 e. The van der Waals surface area contributed by atoms with Gasteiger partial charge in [0.05, 0.1) is 18.3 Å². The Morgan fingerprint density at radius 2 is 1.75 bits per heavy atom. The van der Waals surface area contributed by atoms with Crippen LogP contribution in [-0.2, 0) is 15.1 Å². The van der Waals surface area contributed by atoms with Gasteiger partial charge in [-0.2, -0.15) is 0 Å². The molecule has 3 rings (SSSR count). The molecule has 1 heterocycles. The summed E-state index contributed by atoms with van der Waals surface area (Å²) in [5, 5.41) is 15.1. The summed E-state index contributed by atoms with van der Waals surface area (Å²) < 4.78 is 4.74. The Bertz CT molecular complexity index is 1120. The number of hydrogen-bond donors (Lipinski definition) is 2. The zero-order valence-electron chi connectivity index (χ0n) is 21.5. The third-order valence-corrected chi connectivity index (χ3v) is 7.19. The zero-order valence-corrected chi connectivity index (χ0v) is 22.3. The number of hydrogen-bond acceptors (Lipinski definition) is 5. The first-order chi connectivity index (χ1) is 16.9. The molecule has 0 aliphatic carbocycles. The van der Waals surface area contributed by atoms with Crippen molar-refractivity contribution in [3.8, 4) is 0 Å². The number of carbonyl (C=O) groups excluding carboxylic acids is 3. The second-order valence-corrected chi connectivity index (χ2v) is 10.9. The number of ether oxygens (including phenoxy) is 1. The minimum absolute atomic E-state index is 0.157. The lowest BCUT2D eigenvalue weighted by molar-refractivity contribution is -0.155. The first-order valence-corrected chi connectivity index (χ1v) is 12.5. The topological polar surface area (TPSA) is 95.9 Å². The quantitative estimate of drug-likeness (QED) is 0.533. The van der Waals surface area contributed by atoms with Gasteiger partial charge in [0.15, 0.2) is 0 Å². The predicted molar refractivity (Wildman–Crippen MR) is 139 cm³/mol. The molecule has 2 aromatic carbocycles. The Kier molecular flexibility index (Phi) is 8.47. The lowest BCUT2D eigenvalue weighted by Gasteiger charge is -2.51. The van der Waals surface area contributed by atoms with Gasteiger partial charge in [0, 0.05) is 29.1 Å². The molecule has 2 amide bonds. The minimum atomic E-state index is -1.13. The summed E-state index contributed by atoms with van der Waals surface area (Å²) in [6.45, 7) is 8.54. The van der Waals surface area contributed by atoms with E-state index in [1.165, 1.54) is 13.2 Å². The molecule has 2 aromatic rings. The van der Waals surface area contributed by atoms with Gasteiger partial charge >= 0.3 is 5.97 Å². The Morgan fingerprint density at radius 3 is 2.33 bits per heavy atom. The molecule has 0 aromatic heterocycles. The number of aliphatic hydroxyl groups is 1. The largest absolute Gasteiger partial charge is 0.465 e. The van der Waals surface area contributed by atoms with Crippen molar-refractivity contribution < 1.29 is 24.2 Å². The molecule has 1 aliphatic heterocycles. The zero-order chi connectivity index (χ0) is 26.7. The summed E-state index contributed by atoms with van der Waals surface area (Å²) in [5.74, 6) is -1.01. The molecule has 1 fully saturated rings. The standard InChI is InChI=1S/C28H35ClN2O5/c1-18(2)15-23(30-24(32)19-7-6-8-20(16-19)26(34)36-5)25(33)31-14-13-28(35,27(3,4)17-31)21-9-11-22(29)12-10-21/h6-12,16,18,23,35H,13-15,17H2,1-5H3,(H,30,32)/t23-,28+/m1/s1. The molecule has 194 valence electrons. The van der Waals surface area contributed by atoms with E-state index in [1.807, 2.05) is 39.8 Å². The van der Waals surface area contributed by atoms with Crippen molar-refractivity contribution in [3.05, 3.63) is 70.2 Å². The van der Waals surface area contributed by atoms with Gasteiger partial charge < -0.3 is 20.1 Å². The SMILES string of the molecule is COC(=O)c1cccc(C(=O)N[C@H](CC(C)C)C(=O)N2CC[C@](O)(c3ccc(Cl)cc3)C(C)(C)C2)c1. The number of amides is 2. The van der Waals surface area contributed by atoms with E-state index in [0.29, 0.717) is 31.0 Å². The van der Waals surface area contributed by atoms with Crippen LogP contribution in [-0.4, -0.2) is 54.0 Å². The van der Waals surface area contributed by atoms with Crippen molar-refractivity contribution >= 4 is 29.4 Å². The predicted octanol–water partition coefficient (Wildman–Crippen LogP) is 4.42. The van der Waals surface area contributed by atoms with Gasteiger partial charge in [-0.25, -0.2) is 4.79 Å². The summed E-state index contributed by atoms with van der Waals surface area (Å²) in [7, 11) is 1.28. The molecular weight excluding hydrogens is 480 g/mol.